The van der Waals surface area contributed by atoms with Gasteiger partial charge < -0.3 is 15.9 Å². The summed E-state index contributed by atoms with van der Waals surface area (Å²) in [6.45, 7) is 8.11. The van der Waals surface area contributed by atoms with Crippen molar-refractivity contribution in [2.24, 2.45) is 23.0 Å². The van der Waals surface area contributed by atoms with Crippen LogP contribution in [0.15, 0.2) is 6.07 Å². The van der Waals surface area contributed by atoms with Crippen LogP contribution in [0.3, 0.4) is 0 Å². The molecule has 2 fully saturated rings. The van der Waals surface area contributed by atoms with Crippen LogP contribution < -0.4 is 5.73 Å². The Kier molecular flexibility index (Phi) is 6.73. The Labute approximate surface area is 193 Å². The van der Waals surface area contributed by atoms with E-state index in [4.69, 9.17) is 5.73 Å². The van der Waals surface area contributed by atoms with E-state index in [9.17, 15) is 24.6 Å². The van der Waals surface area contributed by atoms with E-state index in [0.717, 1.165) is 29.1 Å². The first kappa shape index (κ1) is 24.3. The summed E-state index contributed by atoms with van der Waals surface area (Å²) in [6, 6.07) is 0.538. The highest BCUT2D eigenvalue weighted by molar-refractivity contribution is 7.14. The van der Waals surface area contributed by atoms with Gasteiger partial charge in [-0.25, -0.2) is 9.59 Å². The third kappa shape index (κ3) is 4.84. The molecule has 1 aliphatic heterocycles. The van der Waals surface area contributed by atoms with Gasteiger partial charge in [0.2, 0.25) is 0 Å². The monoisotopic (exact) mass is 460 g/mol. The summed E-state index contributed by atoms with van der Waals surface area (Å²) >= 11 is 1.02. The van der Waals surface area contributed by atoms with E-state index in [1.165, 1.54) is 0 Å². The minimum atomic E-state index is -1.40. The number of nitrogens with two attached hydrogens (primary N) is 1. The number of nitrogens with zero attached hydrogens (tertiary/aromatic N) is 1. The zero-order valence-corrected chi connectivity index (χ0v) is 19.9. The van der Waals surface area contributed by atoms with Gasteiger partial charge in [0.1, 0.15) is 10.9 Å². The molecule has 0 radical (unpaired) electrons. The number of hydrogen-bond donors (Lipinski definition) is 3. The SMILES string of the molecule is CC1CCC(C(=O)C2N(C(=O)O)CC[C@]2(N)c2cc(C#CC(C)(C)C)sc2C(=O)O)CC1. The fourth-order valence-corrected chi connectivity index (χ4v) is 5.66. The Morgan fingerprint density at radius 2 is 1.81 bits per heavy atom. The number of rotatable bonds is 4. The van der Waals surface area contributed by atoms with Gasteiger partial charge in [0.15, 0.2) is 5.78 Å². The van der Waals surface area contributed by atoms with Crippen molar-refractivity contribution in [2.75, 3.05) is 6.54 Å². The first-order valence-corrected chi connectivity index (χ1v) is 11.9. The number of carbonyl (C=O) groups excluding carboxylic acids is 1. The lowest BCUT2D eigenvalue weighted by Crippen LogP contribution is -2.56. The standard InChI is InChI=1S/C24H32N2O5S/c1-14-5-7-15(8-6-14)18(27)20-24(25,11-12-26(20)22(30)31)17-13-16(9-10-23(2,3)4)32-19(17)21(28)29/h13-15,20H,5-8,11-12,25H2,1-4H3,(H,28,29)(H,30,31)/t14?,15?,20?,24-/m0/s1. The van der Waals surface area contributed by atoms with E-state index in [0.29, 0.717) is 29.2 Å². The summed E-state index contributed by atoms with van der Waals surface area (Å²) in [5.41, 5.74) is 5.43. The molecule has 8 heteroatoms. The molecule has 0 aromatic carbocycles. The second-order valence-electron chi connectivity index (χ2n) is 10.2. The van der Waals surface area contributed by atoms with Gasteiger partial charge in [-0.15, -0.1) is 11.3 Å². The van der Waals surface area contributed by atoms with Crippen LogP contribution >= 0.6 is 11.3 Å². The van der Waals surface area contributed by atoms with Crippen LogP contribution in [-0.4, -0.2) is 45.5 Å². The number of carbonyl (C=O) groups is 3. The number of hydrogen-bond acceptors (Lipinski definition) is 5. The van der Waals surface area contributed by atoms with E-state index < -0.39 is 23.6 Å². The van der Waals surface area contributed by atoms with Crippen molar-refractivity contribution in [1.29, 1.82) is 0 Å². The lowest BCUT2D eigenvalue weighted by molar-refractivity contribution is -0.129. The zero-order valence-electron chi connectivity index (χ0n) is 19.1. The second-order valence-corrected chi connectivity index (χ2v) is 11.2. The van der Waals surface area contributed by atoms with Gasteiger partial charge in [0.25, 0.3) is 0 Å². The van der Waals surface area contributed by atoms with E-state index in [1.807, 2.05) is 20.8 Å². The molecule has 3 rings (SSSR count). The summed E-state index contributed by atoms with van der Waals surface area (Å²) in [7, 11) is 0. The Morgan fingerprint density at radius 3 is 2.34 bits per heavy atom. The molecule has 1 aliphatic carbocycles. The summed E-state index contributed by atoms with van der Waals surface area (Å²) in [6.07, 6.45) is 2.22. The highest BCUT2D eigenvalue weighted by Gasteiger charge is 2.54. The number of Topliss-reactive ketones (excluding diaryl/α,β-unsaturated/α-hetero) is 1. The lowest BCUT2D eigenvalue weighted by Gasteiger charge is -2.36. The van der Waals surface area contributed by atoms with Gasteiger partial charge in [-0.1, -0.05) is 31.6 Å². The second kappa shape index (κ2) is 8.87. The number of carboxylic acids is 1. The van der Waals surface area contributed by atoms with Crippen LogP contribution in [0, 0.1) is 29.1 Å². The summed E-state index contributed by atoms with van der Waals surface area (Å²) in [5.74, 6) is 5.06. The maximum atomic E-state index is 13.6. The van der Waals surface area contributed by atoms with Crippen molar-refractivity contribution in [2.45, 2.75) is 71.4 Å². The molecule has 1 saturated heterocycles. The van der Waals surface area contributed by atoms with Crippen molar-refractivity contribution in [3.63, 3.8) is 0 Å². The maximum Gasteiger partial charge on any atom is 0.407 e. The molecule has 0 bridgehead atoms. The molecule has 1 unspecified atom stereocenters. The van der Waals surface area contributed by atoms with Gasteiger partial charge in [0.05, 0.1) is 10.4 Å². The fraction of sp³-hybridized carbons (Fsp3) is 0.625. The van der Waals surface area contributed by atoms with Crippen molar-refractivity contribution >= 4 is 29.2 Å². The van der Waals surface area contributed by atoms with Crippen LogP contribution in [0.2, 0.25) is 0 Å². The first-order chi connectivity index (χ1) is 14.8. The smallest absolute Gasteiger partial charge is 0.407 e. The van der Waals surface area contributed by atoms with Crippen LogP contribution in [0.25, 0.3) is 0 Å². The quantitative estimate of drug-likeness (QED) is 0.581. The molecular weight excluding hydrogens is 428 g/mol. The average Bonchev–Trinajstić information content (AvgIpc) is 3.28. The van der Waals surface area contributed by atoms with E-state index in [-0.39, 0.29) is 35.0 Å². The number of amides is 1. The summed E-state index contributed by atoms with van der Waals surface area (Å²) in [5, 5.41) is 19.6. The van der Waals surface area contributed by atoms with E-state index in [2.05, 4.69) is 18.8 Å². The van der Waals surface area contributed by atoms with Crippen molar-refractivity contribution in [3.05, 3.63) is 21.4 Å². The molecule has 1 aromatic rings. The molecule has 32 heavy (non-hydrogen) atoms. The normalized spacial score (nSPS) is 28.2. The van der Waals surface area contributed by atoms with Crippen molar-refractivity contribution in [1.82, 2.24) is 4.90 Å². The highest BCUT2D eigenvalue weighted by Crippen LogP contribution is 2.43. The van der Waals surface area contributed by atoms with Crippen LogP contribution in [0.1, 0.15) is 79.9 Å². The molecule has 1 saturated carbocycles. The van der Waals surface area contributed by atoms with Gasteiger partial charge in [0, 0.05) is 23.4 Å². The van der Waals surface area contributed by atoms with E-state index >= 15 is 0 Å². The number of ketones is 1. The maximum absolute atomic E-state index is 13.6. The van der Waals surface area contributed by atoms with Crippen LogP contribution in [0.5, 0.6) is 0 Å². The van der Waals surface area contributed by atoms with Crippen LogP contribution in [-0.2, 0) is 10.3 Å². The predicted molar refractivity (Wildman–Crippen MR) is 123 cm³/mol. The summed E-state index contributed by atoms with van der Waals surface area (Å²) < 4.78 is 0. The summed E-state index contributed by atoms with van der Waals surface area (Å²) in [4.78, 5) is 39.3. The van der Waals surface area contributed by atoms with Crippen molar-refractivity contribution < 1.29 is 24.6 Å². The number of likely N-dealkylation sites (tertiary alicyclic amines) is 1. The van der Waals surface area contributed by atoms with E-state index in [1.54, 1.807) is 6.07 Å². The number of aromatic carboxylic acids is 1. The Morgan fingerprint density at radius 1 is 1.19 bits per heavy atom. The minimum absolute atomic E-state index is 0.0213. The minimum Gasteiger partial charge on any atom is -0.477 e. The largest absolute Gasteiger partial charge is 0.477 e. The Bertz CT molecular complexity index is 975. The lowest BCUT2D eigenvalue weighted by atomic mass is 9.74. The molecule has 2 heterocycles. The highest BCUT2D eigenvalue weighted by atomic mass is 32.1. The Balaban J connectivity index is 2.06. The third-order valence-electron chi connectivity index (χ3n) is 6.49. The average molecular weight is 461 g/mol. The Hall–Kier alpha value is -2.37. The predicted octanol–water partition coefficient (Wildman–Crippen LogP) is 4.15. The molecule has 1 amide bonds. The third-order valence-corrected chi connectivity index (χ3v) is 7.53. The molecule has 2 aliphatic rings. The molecule has 4 N–H and O–H groups in total. The van der Waals surface area contributed by atoms with Gasteiger partial charge in [-0.3, -0.25) is 9.69 Å². The first-order valence-electron chi connectivity index (χ1n) is 11.1. The molecule has 1 aromatic heterocycles. The molecule has 174 valence electrons. The van der Waals surface area contributed by atoms with Gasteiger partial charge in [-0.2, -0.15) is 0 Å². The molecular formula is C24H32N2O5S. The topological polar surface area (TPSA) is 121 Å². The number of thiophene rings is 1. The van der Waals surface area contributed by atoms with Crippen LogP contribution in [0.4, 0.5) is 4.79 Å². The molecule has 2 atom stereocenters. The van der Waals surface area contributed by atoms with Gasteiger partial charge in [-0.05, 0) is 52.0 Å². The van der Waals surface area contributed by atoms with Gasteiger partial charge >= 0.3 is 12.1 Å². The van der Waals surface area contributed by atoms with Crippen molar-refractivity contribution in [3.8, 4) is 11.8 Å². The molecule has 7 nitrogen and oxygen atoms in total. The zero-order chi connectivity index (χ0) is 23.8. The molecule has 0 spiro atoms. The fourth-order valence-electron chi connectivity index (χ4n) is 4.72. The number of carboxylic acid groups (broad SMARTS) is 2.